The Kier molecular flexibility index (Phi) is 6.63. The Balaban J connectivity index is 1.39. The quantitative estimate of drug-likeness (QED) is 0.297. The number of fused-ring (bicyclic) bond motifs is 1. The number of esters is 1. The third-order valence-corrected chi connectivity index (χ3v) is 6.20. The molecule has 13 heteroatoms. The lowest BCUT2D eigenvalue weighted by Gasteiger charge is -2.28. The SMILES string of the molecule is O=C(COC(=O)c1ccc(N2CCCCC2)c([N+](=O)[O-])c1)Nc1nc2ccc([N+](=O)[O-])cc2s1. The van der Waals surface area contributed by atoms with Gasteiger partial charge in [-0.3, -0.25) is 30.3 Å². The number of rotatable bonds is 7. The smallest absolute Gasteiger partial charge is 0.338 e. The second-order valence-corrected chi connectivity index (χ2v) is 8.59. The Hall–Kier alpha value is -4.13. The van der Waals surface area contributed by atoms with Crippen molar-refractivity contribution in [3.63, 3.8) is 0 Å². The van der Waals surface area contributed by atoms with E-state index in [9.17, 15) is 29.8 Å². The normalized spacial score (nSPS) is 13.5. The number of carbonyl (C=O) groups excluding carboxylic acids is 2. The number of nitrogens with zero attached hydrogens (tertiary/aromatic N) is 4. The molecule has 1 aromatic heterocycles. The summed E-state index contributed by atoms with van der Waals surface area (Å²) in [4.78, 5) is 52.1. The molecule has 0 spiro atoms. The Morgan fingerprint density at radius 3 is 2.53 bits per heavy atom. The molecule has 1 aliphatic heterocycles. The Morgan fingerprint density at radius 1 is 1.06 bits per heavy atom. The van der Waals surface area contributed by atoms with E-state index in [1.165, 1.54) is 30.3 Å². The van der Waals surface area contributed by atoms with Crippen molar-refractivity contribution in [3.05, 3.63) is 62.2 Å². The molecule has 2 heterocycles. The van der Waals surface area contributed by atoms with E-state index in [1.54, 1.807) is 0 Å². The van der Waals surface area contributed by atoms with E-state index >= 15 is 0 Å². The fourth-order valence-corrected chi connectivity index (χ4v) is 4.56. The number of non-ortho nitro benzene ring substituents is 1. The number of piperidine rings is 1. The number of nitro groups is 2. The molecule has 1 amide bonds. The summed E-state index contributed by atoms with van der Waals surface area (Å²) in [5, 5.41) is 25.1. The number of hydrogen-bond acceptors (Lipinski definition) is 10. The molecule has 1 fully saturated rings. The molecule has 12 nitrogen and oxygen atoms in total. The number of hydrogen-bond donors (Lipinski definition) is 1. The van der Waals surface area contributed by atoms with Gasteiger partial charge in [0.2, 0.25) is 0 Å². The van der Waals surface area contributed by atoms with Crippen molar-refractivity contribution in [2.75, 3.05) is 29.9 Å². The van der Waals surface area contributed by atoms with E-state index in [4.69, 9.17) is 4.74 Å². The number of nitrogens with one attached hydrogen (secondary N) is 1. The molecule has 0 unspecified atom stereocenters. The fourth-order valence-electron chi connectivity index (χ4n) is 3.65. The minimum absolute atomic E-state index is 0.0347. The summed E-state index contributed by atoms with van der Waals surface area (Å²) in [6, 6.07) is 8.26. The van der Waals surface area contributed by atoms with Crippen LogP contribution in [0.5, 0.6) is 0 Å². The molecule has 4 rings (SSSR count). The van der Waals surface area contributed by atoms with E-state index < -0.39 is 28.3 Å². The topological polar surface area (TPSA) is 158 Å². The van der Waals surface area contributed by atoms with Gasteiger partial charge in [0, 0.05) is 31.3 Å². The summed E-state index contributed by atoms with van der Waals surface area (Å²) in [7, 11) is 0. The lowest BCUT2D eigenvalue weighted by molar-refractivity contribution is -0.384. The predicted octanol–water partition coefficient (Wildman–Crippen LogP) is 3.90. The summed E-state index contributed by atoms with van der Waals surface area (Å²) in [5.74, 6) is -1.54. The molecule has 0 saturated carbocycles. The lowest BCUT2D eigenvalue weighted by Crippen LogP contribution is -2.30. The minimum atomic E-state index is -0.872. The van der Waals surface area contributed by atoms with Crippen LogP contribution in [-0.2, 0) is 9.53 Å². The molecule has 176 valence electrons. The maximum Gasteiger partial charge on any atom is 0.338 e. The van der Waals surface area contributed by atoms with Gasteiger partial charge < -0.3 is 9.64 Å². The van der Waals surface area contributed by atoms with Crippen LogP contribution in [0.25, 0.3) is 10.2 Å². The Bertz CT molecular complexity index is 1290. The van der Waals surface area contributed by atoms with Crippen LogP contribution >= 0.6 is 11.3 Å². The first-order valence-corrected chi connectivity index (χ1v) is 11.2. The average Bonchev–Trinajstić information content (AvgIpc) is 3.24. The van der Waals surface area contributed by atoms with Gasteiger partial charge in [0.1, 0.15) is 5.69 Å². The largest absolute Gasteiger partial charge is 0.452 e. The van der Waals surface area contributed by atoms with Crippen LogP contribution in [-0.4, -0.2) is 46.4 Å². The first-order chi connectivity index (χ1) is 16.3. The monoisotopic (exact) mass is 485 g/mol. The molecule has 0 radical (unpaired) electrons. The summed E-state index contributed by atoms with van der Waals surface area (Å²) in [6.45, 7) is 0.796. The molecule has 0 bridgehead atoms. The third kappa shape index (κ3) is 5.09. The van der Waals surface area contributed by atoms with Crippen LogP contribution in [0, 0.1) is 20.2 Å². The van der Waals surface area contributed by atoms with E-state index in [2.05, 4.69) is 10.3 Å². The van der Waals surface area contributed by atoms with Crippen molar-refractivity contribution in [3.8, 4) is 0 Å². The average molecular weight is 485 g/mol. The molecule has 0 aliphatic carbocycles. The number of amides is 1. The second-order valence-electron chi connectivity index (χ2n) is 7.56. The van der Waals surface area contributed by atoms with E-state index in [0.717, 1.165) is 36.7 Å². The zero-order valence-electron chi connectivity index (χ0n) is 17.8. The molecule has 1 saturated heterocycles. The van der Waals surface area contributed by atoms with E-state index in [1.807, 2.05) is 4.90 Å². The van der Waals surface area contributed by atoms with Gasteiger partial charge >= 0.3 is 5.97 Å². The van der Waals surface area contributed by atoms with Gasteiger partial charge in [0.25, 0.3) is 17.3 Å². The maximum atomic E-state index is 12.4. The van der Waals surface area contributed by atoms with Crippen LogP contribution in [0.4, 0.5) is 22.2 Å². The number of nitro benzene ring substituents is 2. The second kappa shape index (κ2) is 9.79. The summed E-state index contributed by atoms with van der Waals surface area (Å²) < 4.78 is 5.52. The van der Waals surface area contributed by atoms with Crippen LogP contribution in [0.15, 0.2) is 36.4 Å². The Morgan fingerprint density at radius 2 is 1.82 bits per heavy atom. The third-order valence-electron chi connectivity index (χ3n) is 5.27. The maximum absolute atomic E-state index is 12.4. The number of ether oxygens (including phenoxy) is 1. The summed E-state index contributed by atoms with van der Waals surface area (Å²) in [5.41, 5.74) is 0.611. The lowest BCUT2D eigenvalue weighted by atomic mass is 10.1. The standard InChI is InChI=1S/C21H19N5O7S/c27-19(23-21-22-15-6-5-14(25(29)30)11-18(15)34-21)12-33-20(28)13-4-7-16(17(10-13)26(31)32)24-8-2-1-3-9-24/h4-7,10-11H,1-3,8-9,12H2,(H,22,23,27). The van der Waals surface area contributed by atoms with Crippen molar-refractivity contribution < 1.29 is 24.2 Å². The van der Waals surface area contributed by atoms with Gasteiger partial charge in [-0.1, -0.05) is 11.3 Å². The molecular formula is C21H19N5O7S. The van der Waals surface area contributed by atoms with E-state index in [0.29, 0.717) is 29.0 Å². The van der Waals surface area contributed by atoms with Crippen molar-refractivity contribution in [1.82, 2.24) is 4.98 Å². The van der Waals surface area contributed by atoms with Gasteiger partial charge in [-0.25, -0.2) is 9.78 Å². The first-order valence-electron chi connectivity index (χ1n) is 10.4. The van der Waals surface area contributed by atoms with Crippen molar-refractivity contribution >= 4 is 55.6 Å². The predicted molar refractivity (Wildman–Crippen MR) is 124 cm³/mol. The molecule has 1 N–H and O–H groups in total. The van der Waals surface area contributed by atoms with Crippen LogP contribution in [0.2, 0.25) is 0 Å². The summed E-state index contributed by atoms with van der Waals surface area (Å²) >= 11 is 1.04. The van der Waals surface area contributed by atoms with Crippen molar-refractivity contribution in [1.29, 1.82) is 0 Å². The molecule has 1 aliphatic rings. The molecule has 34 heavy (non-hydrogen) atoms. The Labute approximate surface area is 196 Å². The minimum Gasteiger partial charge on any atom is -0.452 e. The molecule has 0 atom stereocenters. The fraction of sp³-hybridized carbons (Fsp3) is 0.286. The molecule has 3 aromatic rings. The van der Waals surface area contributed by atoms with Crippen LogP contribution in [0.3, 0.4) is 0 Å². The van der Waals surface area contributed by atoms with Gasteiger partial charge in [-0.2, -0.15) is 0 Å². The van der Waals surface area contributed by atoms with Gasteiger partial charge in [0.15, 0.2) is 11.7 Å². The van der Waals surface area contributed by atoms with Crippen molar-refractivity contribution in [2.45, 2.75) is 19.3 Å². The molecule has 2 aromatic carbocycles. The van der Waals surface area contributed by atoms with Crippen LogP contribution < -0.4 is 10.2 Å². The number of carbonyl (C=O) groups is 2. The number of anilines is 2. The van der Waals surface area contributed by atoms with Gasteiger partial charge in [0.05, 0.1) is 25.6 Å². The number of benzene rings is 2. The highest BCUT2D eigenvalue weighted by Crippen LogP contribution is 2.32. The zero-order chi connectivity index (χ0) is 24.2. The highest BCUT2D eigenvalue weighted by molar-refractivity contribution is 7.22. The van der Waals surface area contributed by atoms with E-state index in [-0.39, 0.29) is 22.1 Å². The van der Waals surface area contributed by atoms with Gasteiger partial charge in [-0.15, -0.1) is 0 Å². The molecular weight excluding hydrogens is 466 g/mol. The van der Waals surface area contributed by atoms with Crippen molar-refractivity contribution in [2.24, 2.45) is 0 Å². The number of aromatic nitrogens is 1. The van der Waals surface area contributed by atoms with Gasteiger partial charge in [-0.05, 0) is 37.5 Å². The highest BCUT2D eigenvalue weighted by atomic mass is 32.1. The zero-order valence-corrected chi connectivity index (χ0v) is 18.6. The highest BCUT2D eigenvalue weighted by Gasteiger charge is 2.24. The van der Waals surface area contributed by atoms with Crippen LogP contribution in [0.1, 0.15) is 29.6 Å². The number of thiazole rings is 1. The first kappa shape index (κ1) is 23.0. The summed E-state index contributed by atoms with van der Waals surface area (Å²) in [6.07, 6.45) is 2.97.